The van der Waals surface area contributed by atoms with E-state index in [0.29, 0.717) is 6.04 Å². The fourth-order valence-electron chi connectivity index (χ4n) is 2.73. The number of pyridine rings is 1. The number of rotatable bonds is 5. The molecule has 2 nitrogen and oxygen atoms in total. The summed E-state index contributed by atoms with van der Waals surface area (Å²) in [7, 11) is 0. The lowest BCUT2D eigenvalue weighted by Gasteiger charge is -2.18. The van der Waals surface area contributed by atoms with Gasteiger partial charge in [0.2, 0.25) is 0 Å². The molecule has 0 fully saturated rings. The van der Waals surface area contributed by atoms with Crippen molar-refractivity contribution >= 4 is 10.9 Å². The summed E-state index contributed by atoms with van der Waals surface area (Å²) < 4.78 is 0. The van der Waals surface area contributed by atoms with E-state index in [2.05, 4.69) is 71.8 Å². The Morgan fingerprint density at radius 3 is 2.57 bits per heavy atom. The van der Waals surface area contributed by atoms with Crippen LogP contribution in [0.3, 0.4) is 0 Å². The highest BCUT2D eigenvalue weighted by molar-refractivity contribution is 5.81. The van der Waals surface area contributed by atoms with Gasteiger partial charge in [-0.2, -0.15) is 0 Å². The number of nitrogens with zero attached hydrogens (tertiary/aromatic N) is 1. The zero-order valence-electron chi connectivity index (χ0n) is 12.3. The number of aromatic nitrogens is 1. The van der Waals surface area contributed by atoms with E-state index in [9.17, 15) is 0 Å². The molecule has 0 aliphatic heterocycles. The molecule has 1 unspecified atom stereocenters. The largest absolute Gasteiger partial charge is 0.306 e. The predicted molar refractivity (Wildman–Crippen MR) is 88.1 cm³/mol. The van der Waals surface area contributed by atoms with Crippen molar-refractivity contribution in [3.63, 3.8) is 0 Å². The molecule has 0 amide bonds. The first-order valence-electron chi connectivity index (χ1n) is 7.49. The van der Waals surface area contributed by atoms with Gasteiger partial charge in [0.1, 0.15) is 0 Å². The predicted octanol–water partition coefficient (Wildman–Crippen LogP) is 4.48. The van der Waals surface area contributed by atoms with E-state index in [1.807, 2.05) is 12.3 Å². The average Bonchev–Trinajstić information content (AvgIpc) is 2.56. The monoisotopic (exact) mass is 276 g/mol. The summed E-state index contributed by atoms with van der Waals surface area (Å²) in [6, 6.07) is 21.5. The number of hydrogen-bond donors (Lipinski definition) is 1. The van der Waals surface area contributed by atoms with Gasteiger partial charge >= 0.3 is 0 Å². The summed E-state index contributed by atoms with van der Waals surface area (Å²) in [4.78, 5) is 4.52. The maximum atomic E-state index is 4.52. The normalized spacial score (nSPS) is 12.4. The molecule has 106 valence electrons. The van der Waals surface area contributed by atoms with Crippen LogP contribution in [0.15, 0.2) is 66.9 Å². The summed E-state index contributed by atoms with van der Waals surface area (Å²) in [5.41, 5.74) is 3.69. The third-order valence-electron chi connectivity index (χ3n) is 3.87. The Bertz CT molecular complexity index is 702. The third-order valence-corrected chi connectivity index (χ3v) is 3.87. The van der Waals surface area contributed by atoms with Crippen molar-refractivity contribution < 1.29 is 0 Å². The van der Waals surface area contributed by atoms with E-state index < -0.39 is 0 Å². The Hall–Kier alpha value is -2.19. The minimum Gasteiger partial charge on any atom is -0.306 e. The van der Waals surface area contributed by atoms with Crippen LogP contribution in [0.1, 0.15) is 30.5 Å². The molecule has 0 saturated carbocycles. The summed E-state index contributed by atoms with van der Waals surface area (Å²) in [6.07, 6.45) is 2.93. The van der Waals surface area contributed by atoms with Gasteiger partial charge < -0.3 is 5.32 Å². The number of benzene rings is 2. The van der Waals surface area contributed by atoms with Gasteiger partial charge in [-0.3, -0.25) is 4.98 Å². The molecule has 0 aliphatic rings. The molecule has 1 heterocycles. The van der Waals surface area contributed by atoms with Gasteiger partial charge in [-0.25, -0.2) is 0 Å². The number of hydrogen-bond acceptors (Lipinski definition) is 2. The van der Waals surface area contributed by atoms with Crippen molar-refractivity contribution in [2.75, 3.05) is 0 Å². The maximum absolute atomic E-state index is 4.52. The Morgan fingerprint density at radius 2 is 1.76 bits per heavy atom. The molecule has 1 atom stereocenters. The standard InChI is InChI=1S/C19H20N2/c1-2-18(15-8-4-3-5-9-15)21-14-17-11-6-10-16-12-7-13-20-19(16)17/h3-13,18,21H,2,14H2,1H3. The minimum absolute atomic E-state index is 0.380. The number of para-hydroxylation sites is 1. The summed E-state index contributed by atoms with van der Waals surface area (Å²) in [5, 5.41) is 4.85. The van der Waals surface area contributed by atoms with Crippen LogP contribution in [0.5, 0.6) is 0 Å². The van der Waals surface area contributed by atoms with Crippen LogP contribution in [0.25, 0.3) is 10.9 Å². The first-order valence-corrected chi connectivity index (χ1v) is 7.49. The summed E-state index contributed by atoms with van der Waals surface area (Å²) >= 11 is 0. The molecule has 3 rings (SSSR count). The Labute approximate surface area is 125 Å². The van der Waals surface area contributed by atoms with Crippen LogP contribution in [0, 0.1) is 0 Å². The zero-order valence-corrected chi connectivity index (χ0v) is 12.3. The van der Waals surface area contributed by atoms with Crippen LogP contribution in [0.4, 0.5) is 0 Å². The molecule has 0 spiro atoms. The smallest absolute Gasteiger partial charge is 0.0746 e. The Morgan fingerprint density at radius 1 is 0.952 bits per heavy atom. The molecule has 3 aromatic rings. The van der Waals surface area contributed by atoms with Gasteiger partial charge in [0.05, 0.1) is 5.52 Å². The maximum Gasteiger partial charge on any atom is 0.0746 e. The first kappa shape index (κ1) is 13.8. The van der Waals surface area contributed by atoms with Crippen LogP contribution >= 0.6 is 0 Å². The lowest BCUT2D eigenvalue weighted by molar-refractivity contribution is 0.520. The number of nitrogens with one attached hydrogen (secondary N) is 1. The molecule has 21 heavy (non-hydrogen) atoms. The Kier molecular flexibility index (Phi) is 4.27. The van der Waals surface area contributed by atoms with Crippen LogP contribution in [-0.2, 0) is 6.54 Å². The second-order valence-electron chi connectivity index (χ2n) is 5.24. The molecule has 1 N–H and O–H groups in total. The molecule has 0 bridgehead atoms. The SMILES string of the molecule is CCC(NCc1cccc2cccnc12)c1ccccc1. The van der Waals surface area contributed by atoms with E-state index in [-0.39, 0.29) is 0 Å². The van der Waals surface area contributed by atoms with Crippen molar-refractivity contribution in [2.45, 2.75) is 25.9 Å². The van der Waals surface area contributed by atoms with Gasteiger partial charge in [0.15, 0.2) is 0 Å². The second kappa shape index (κ2) is 6.51. The molecule has 1 aromatic heterocycles. The van der Waals surface area contributed by atoms with E-state index in [1.54, 1.807) is 0 Å². The van der Waals surface area contributed by atoms with Gasteiger partial charge in [-0.05, 0) is 23.6 Å². The van der Waals surface area contributed by atoms with Crippen molar-refractivity contribution in [3.05, 3.63) is 78.0 Å². The van der Waals surface area contributed by atoms with E-state index in [0.717, 1.165) is 18.5 Å². The topological polar surface area (TPSA) is 24.9 Å². The van der Waals surface area contributed by atoms with Gasteiger partial charge in [0.25, 0.3) is 0 Å². The van der Waals surface area contributed by atoms with Crippen molar-refractivity contribution in [3.8, 4) is 0 Å². The summed E-state index contributed by atoms with van der Waals surface area (Å²) in [5.74, 6) is 0. The third kappa shape index (κ3) is 3.11. The van der Waals surface area contributed by atoms with E-state index >= 15 is 0 Å². The van der Waals surface area contributed by atoms with Gasteiger partial charge in [-0.1, -0.05) is 61.5 Å². The molecule has 2 heteroatoms. The number of fused-ring (bicyclic) bond motifs is 1. The van der Waals surface area contributed by atoms with E-state index in [4.69, 9.17) is 0 Å². The van der Waals surface area contributed by atoms with Crippen LogP contribution < -0.4 is 5.32 Å². The molecule has 0 radical (unpaired) electrons. The van der Waals surface area contributed by atoms with Crippen molar-refractivity contribution in [1.29, 1.82) is 0 Å². The van der Waals surface area contributed by atoms with Crippen LogP contribution in [0.2, 0.25) is 0 Å². The Balaban J connectivity index is 1.79. The van der Waals surface area contributed by atoms with Crippen molar-refractivity contribution in [2.24, 2.45) is 0 Å². The molecule has 0 saturated heterocycles. The molecular formula is C19H20N2. The quantitative estimate of drug-likeness (QED) is 0.743. The fourth-order valence-corrected chi connectivity index (χ4v) is 2.73. The van der Waals surface area contributed by atoms with Gasteiger partial charge in [0, 0.05) is 24.2 Å². The van der Waals surface area contributed by atoms with Crippen molar-refractivity contribution in [1.82, 2.24) is 10.3 Å². The van der Waals surface area contributed by atoms with E-state index in [1.165, 1.54) is 16.5 Å². The minimum atomic E-state index is 0.380. The zero-order chi connectivity index (χ0) is 14.5. The second-order valence-corrected chi connectivity index (χ2v) is 5.24. The lowest BCUT2D eigenvalue weighted by Crippen LogP contribution is -2.20. The van der Waals surface area contributed by atoms with Crippen LogP contribution in [-0.4, -0.2) is 4.98 Å². The lowest BCUT2D eigenvalue weighted by atomic mass is 10.0. The first-order chi connectivity index (χ1) is 10.4. The molecule has 2 aromatic carbocycles. The fraction of sp³-hybridized carbons (Fsp3) is 0.211. The van der Waals surface area contributed by atoms with Gasteiger partial charge in [-0.15, -0.1) is 0 Å². The highest BCUT2D eigenvalue weighted by atomic mass is 14.9. The summed E-state index contributed by atoms with van der Waals surface area (Å²) in [6.45, 7) is 3.05. The molecule has 0 aliphatic carbocycles. The average molecular weight is 276 g/mol. The molecular weight excluding hydrogens is 256 g/mol. The highest BCUT2D eigenvalue weighted by Gasteiger charge is 2.09. The highest BCUT2D eigenvalue weighted by Crippen LogP contribution is 2.19.